The van der Waals surface area contributed by atoms with Crippen LogP contribution in [-0.4, -0.2) is 21.6 Å². The Morgan fingerprint density at radius 3 is 2.67 bits per heavy atom. The molecule has 0 aliphatic heterocycles. The van der Waals surface area contributed by atoms with Crippen molar-refractivity contribution in [2.24, 2.45) is 5.92 Å². The summed E-state index contributed by atoms with van der Waals surface area (Å²) in [6.45, 7) is 4.11. The number of nitrogens with one attached hydrogen (secondary N) is 1. The van der Waals surface area contributed by atoms with Gasteiger partial charge in [0, 0.05) is 12.1 Å². The van der Waals surface area contributed by atoms with Gasteiger partial charge in [-0.05, 0) is 17.5 Å². The molecular formula is C19H19N3O4S. The van der Waals surface area contributed by atoms with Crippen molar-refractivity contribution in [1.29, 1.82) is 0 Å². The molecule has 1 N–H and O–H groups in total. The van der Waals surface area contributed by atoms with Crippen LogP contribution in [0.25, 0.3) is 11.1 Å². The number of nitro benzene ring substituents is 1. The van der Waals surface area contributed by atoms with Gasteiger partial charge in [-0.15, -0.1) is 0 Å². The van der Waals surface area contributed by atoms with Gasteiger partial charge in [-0.25, -0.2) is 4.98 Å². The minimum absolute atomic E-state index is 0.0484. The van der Waals surface area contributed by atoms with Crippen LogP contribution in [-0.2, 0) is 4.79 Å². The van der Waals surface area contributed by atoms with Gasteiger partial charge in [-0.2, -0.15) is 0 Å². The fourth-order valence-corrected chi connectivity index (χ4v) is 3.36. The smallest absolute Gasteiger partial charge is 0.271 e. The number of benzene rings is 2. The number of non-ortho nitro benzene ring substituents is 1. The van der Waals surface area contributed by atoms with Gasteiger partial charge in [0.1, 0.15) is 5.52 Å². The highest BCUT2D eigenvalue weighted by Gasteiger charge is 2.19. The van der Waals surface area contributed by atoms with Crippen molar-refractivity contribution >= 4 is 34.5 Å². The third-order valence-corrected chi connectivity index (χ3v) is 4.86. The highest BCUT2D eigenvalue weighted by molar-refractivity contribution is 7.99. The molecule has 1 atom stereocenters. The molecule has 0 aliphatic carbocycles. The third-order valence-electron chi connectivity index (χ3n) is 4.03. The molecule has 0 bridgehead atoms. The molecule has 8 heteroatoms. The summed E-state index contributed by atoms with van der Waals surface area (Å²) in [4.78, 5) is 26.9. The highest BCUT2D eigenvalue weighted by atomic mass is 32.2. The standard InChI is InChI=1S/C19H19N3O4S/c1-12(2)18(13-6-4-3-5-7-13)21-17(23)11-27-19-20-15-10-14(22(24)25)8-9-16(15)26-19/h3-10,12,18H,11H2,1-2H3,(H,21,23)/t18-/m1/s1. The van der Waals surface area contributed by atoms with Crippen molar-refractivity contribution in [2.45, 2.75) is 25.1 Å². The van der Waals surface area contributed by atoms with Crippen LogP contribution in [0.1, 0.15) is 25.5 Å². The Morgan fingerprint density at radius 2 is 2.00 bits per heavy atom. The maximum Gasteiger partial charge on any atom is 0.271 e. The van der Waals surface area contributed by atoms with E-state index in [1.807, 2.05) is 30.3 Å². The Labute approximate surface area is 160 Å². The molecule has 1 aromatic heterocycles. The van der Waals surface area contributed by atoms with Crippen LogP contribution in [0.2, 0.25) is 0 Å². The molecule has 0 aliphatic rings. The van der Waals surface area contributed by atoms with Crippen LogP contribution < -0.4 is 5.32 Å². The van der Waals surface area contributed by atoms with E-state index in [1.165, 1.54) is 18.2 Å². The van der Waals surface area contributed by atoms with Crippen LogP contribution in [0.15, 0.2) is 58.2 Å². The number of oxazole rings is 1. The number of carbonyl (C=O) groups is 1. The SMILES string of the molecule is CC(C)[C@@H](NC(=O)CSc1nc2cc([N+](=O)[O-])ccc2o1)c1ccccc1. The van der Waals surface area contributed by atoms with E-state index >= 15 is 0 Å². The van der Waals surface area contributed by atoms with Gasteiger partial charge in [0.25, 0.3) is 10.9 Å². The van der Waals surface area contributed by atoms with Gasteiger partial charge < -0.3 is 9.73 Å². The van der Waals surface area contributed by atoms with E-state index in [2.05, 4.69) is 24.1 Å². The monoisotopic (exact) mass is 385 g/mol. The van der Waals surface area contributed by atoms with E-state index in [4.69, 9.17) is 4.42 Å². The second-order valence-electron chi connectivity index (χ2n) is 6.38. The molecule has 7 nitrogen and oxygen atoms in total. The minimum Gasteiger partial charge on any atom is -0.431 e. The third kappa shape index (κ3) is 4.65. The number of thioether (sulfide) groups is 1. The average molecular weight is 385 g/mol. The number of rotatable bonds is 7. The number of nitro groups is 1. The molecule has 140 valence electrons. The first-order valence-corrected chi connectivity index (χ1v) is 9.44. The molecule has 0 radical (unpaired) electrons. The van der Waals surface area contributed by atoms with Crippen molar-refractivity contribution < 1.29 is 14.1 Å². The van der Waals surface area contributed by atoms with Crippen LogP contribution in [0.3, 0.4) is 0 Å². The Balaban J connectivity index is 1.64. The minimum atomic E-state index is -0.482. The topological polar surface area (TPSA) is 98.3 Å². The summed E-state index contributed by atoms with van der Waals surface area (Å²) in [7, 11) is 0. The van der Waals surface area contributed by atoms with E-state index in [0.717, 1.165) is 17.3 Å². The molecule has 0 fully saturated rings. The fraction of sp³-hybridized carbons (Fsp3) is 0.263. The van der Waals surface area contributed by atoms with E-state index in [0.29, 0.717) is 16.3 Å². The van der Waals surface area contributed by atoms with Crippen molar-refractivity contribution in [3.63, 3.8) is 0 Å². The van der Waals surface area contributed by atoms with Gasteiger partial charge in [-0.3, -0.25) is 14.9 Å². The van der Waals surface area contributed by atoms with E-state index in [-0.39, 0.29) is 29.3 Å². The van der Waals surface area contributed by atoms with E-state index in [1.54, 1.807) is 0 Å². The van der Waals surface area contributed by atoms with E-state index < -0.39 is 4.92 Å². The predicted molar refractivity (Wildman–Crippen MR) is 104 cm³/mol. The van der Waals surface area contributed by atoms with Gasteiger partial charge >= 0.3 is 0 Å². The first-order valence-electron chi connectivity index (χ1n) is 8.46. The van der Waals surface area contributed by atoms with Gasteiger partial charge in [0.15, 0.2) is 5.58 Å². The molecule has 0 spiro atoms. The predicted octanol–water partition coefficient (Wildman–Crippen LogP) is 4.34. The number of hydrogen-bond acceptors (Lipinski definition) is 6. The van der Waals surface area contributed by atoms with E-state index in [9.17, 15) is 14.9 Å². The zero-order valence-electron chi connectivity index (χ0n) is 14.9. The van der Waals surface area contributed by atoms with Gasteiger partial charge in [0.05, 0.1) is 16.7 Å². The molecule has 0 saturated heterocycles. The second-order valence-corrected chi connectivity index (χ2v) is 7.30. The zero-order chi connectivity index (χ0) is 19.4. The molecule has 27 heavy (non-hydrogen) atoms. The maximum absolute atomic E-state index is 12.4. The number of fused-ring (bicyclic) bond motifs is 1. The van der Waals surface area contributed by atoms with Crippen molar-refractivity contribution in [2.75, 3.05) is 5.75 Å². The lowest BCUT2D eigenvalue weighted by Gasteiger charge is -2.22. The number of carbonyl (C=O) groups excluding carboxylic acids is 1. The quantitative estimate of drug-likeness (QED) is 0.369. The van der Waals surface area contributed by atoms with Crippen LogP contribution >= 0.6 is 11.8 Å². The van der Waals surface area contributed by atoms with Crippen LogP contribution in [0.4, 0.5) is 5.69 Å². The summed E-state index contributed by atoms with van der Waals surface area (Å²) >= 11 is 1.16. The molecule has 0 unspecified atom stereocenters. The molecule has 1 amide bonds. The Morgan fingerprint density at radius 1 is 1.26 bits per heavy atom. The Hall–Kier alpha value is -2.87. The van der Waals surface area contributed by atoms with Crippen molar-refractivity contribution in [1.82, 2.24) is 10.3 Å². The molecular weight excluding hydrogens is 366 g/mol. The van der Waals surface area contributed by atoms with Crippen molar-refractivity contribution in [3.05, 3.63) is 64.2 Å². The highest BCUT2D eigenvalue weighted by Crippen LogP contribution is 2.27. The number of nitrogens with zero attached hydrogens (tertiary/aromatic N) is 2. The molecule has 3 aromatic rings. The first-order chi connectivity index (χ1) is 12.9. The summed E-state index contributed by atoms with van der Waals surface area (Å²) in [6.07, 6.45) is 0. The van der Waals surface area contributed by atoms with Gasteiger partial charge in [-0.1, -0.05) is 55.9 Å². The Kier molecular flexibility index (Phi) is 5.75. The maximum atomic E-state index is 12.4. The molecule has 1 heterocycles. The fourth-order valence-electron chi connectivity index (χ4n) is 2.71. The summed E-state index contributed by atoms with van der Waals surface area (Å²) in [5, 5.41) is 14.2. The van der Waals surface area contributed by atoms with Crippen molar-refractivity contribution in [3.8, 4) is 0 Å². The van der Waals surface area contributed by atoms with Crippen LogP contribution in [0, 0.1) is 16.0 Å². The zero-order valence-corrected chi connectivity index (χ0v) is 15.7. The second kappa shape index (κ2) is 8.22. The lowest BCUT2D eigenvalue weighted by molar-refractivity contribution is -0.384. The summed E-state index contributed by atoms with van der Waals surface area (Å²) in [5.74, 6) is 0.257. The normalized spacial score (nSPS) is 12.3. The molecule has 2 aromatic carbocycles. The molecule has 3 rings (SSSR count). The lowest BCUT2D eigenvalue weighted by atomic mass is 9.96. The van der Waals surface area contributed by atoms with Gasteiger partial charge in [0.2, 0.25) is 5.91 Å². The lowest BCUT2D eigenvalue weighted by Crippen LogP contribution is -2.32. The number of aromatic nitrogens is 1. The first kappa shape index (κ1) is 18.9. The summed E-state index contributed by atoms with van der Waals surface area (Å²) < 4.78 is 5.54. The number of hydrogen-bond donors (Lipinski definition) is 1. The Bertz CT molecular complexity index is 956. The molecule has 0 saturated carbocycles. The number of amides is 1. The van der Waals surface area contributed by atoms with Crippen LogP contribution in [0.5, 0.6) is 0 Å². The summed E-state index contributed by atoms with van der Waals surface area (Å²) in [6, 6.07) is 14.0. The average Bonchev–Trinajstić information content (AvgIpc) is 3.07. The largest absolute Gasteiger partial charge is 0.431 e. The summed E-state index contributed by atoms with van der Waals surface area (Å²) in [5.41, 5.74) is 1.86.